The van der Waals surface area contributed by atoms with Crippen LogP contribution < -0.4 is 5.73 Å². The summed E-state index contributed by atoms with van der Waals surface area (Å²) in [5.74, 6) is 1.08. The summed E-state index contributed by atoms with van der Waals surface area (Å²) in [6, 6.07) is 3.18. The zero-order chi connectivity index (χ0) is 21.4. The lowest BCUT2D eigenvalue weighted by atomic mass is 10.2. The van der Waals surface area contributed by atoms with Gasteiger partial charge in [0.2, 0.25) is 0 Å². The lowest BCUT2D eigenvalue weighted by molar-refractivity contribution is 0.545. The first kappa shape index (κ1) is 21.1. The molecule has 4 rings (SSSR count). The number of aryl methyl sites for hydroxylation is 3. The molecule has 1 atom stereocenters. The van der Waals surface area contributed by atoms with Gasteiger partial charge in [0.05, 0.1) is 5.52 Å². The molecule has 8 heteroatoms. The first-order chi connectivity index (χ1) is 14.3. The van der Waals surface area contributed by atoms with E-state index in [1.165, 1.54) is 18.9 Å². The van der Waals surface area contributed by atoms with Crippen LogP contribution in [-0.2, 0) is 24.1 Å². The maximum Gasteiger partial charge on any atom is 0.188 e. The summed E-state index contributed by atoms with van der Waals surface area (Å²) in [6.07, 6.45) is 4.83. The number of benzene rings is 1. The van der Waals surface area contributed by atoms with Gasteiger partial charge in [-0.15, -0.1) is 0 Å². The Hall–Kier alpha value is -2.19. The van der Waals surface area contributed by atoms with Gasteiger partial charge in [0.15, 0.2) is 16.5 Å². The molecule has 0 bridgehead atoms. The predicted molar refractivity (Wildman–Crippen MR) is 115 cm³/mol. The van der Waals surface area contributed by atoms with Crippen LogP contribution in [0.4, 0.5) is 14.6 Å². The van der Waals surface area contributed by atoms with Crippen molar-refractivity contribution < 1.29 is 13.3 Å². The molecular formula is C22H26F2N4OS. The molecule has 0 amide bonds. The van der Waals surface area contributed by atoms with Crippen molar-refractivity contribution in [2.75, 3.05) is 11.5 Å². The van der Waals surface area contributed by atoms with Crippen LogP contribution >= 0.6 is 0 Å². The van der Waals surface area contributed by atoms with Crippen molar-refractivity contribution in [2.45, 2.75) is 57.4 Å². The first-order valence-electron chi connectivity index (χ1n) is 10.3. The molecule has 3 aromatic rings. The van der Waals surface area contributed by atoms with E-state index in [1.807, 2.05) is 13.8 Å². The molecule has 0 aliphatic heterocycles. The second-order valence-corrected chi connectivity index (χ2v) is 9.60. The quantitative estimate of drug-likeness (QED) is 0.421. The number of halogens is 2. The standard InChI is InChI=1S/C22H26F2N4OS/c1-13-14(2)26-22(25)20-21(13)28(19(27-20)11-15-5-6-15)9-3-4-10-30(29)18-8-7-16(23)12-17(18)24/h7-8,12,15H,3-6,9-11H2,1-2H3,(H2,25,26). The molecule has 2 heterocycles. The second kappa shape index (κ2) is 8.51. The normalized spacial score (nSPS) is 15.1. The van der Waals surface area contributed by atoms with E-state index in [2.05, 4.69) is 9.55 Å². The van der Waals surface area contributed by atoms with E-state index in [9.17, 15) is 13.3 Å². The van der Waals surface area contributed by atoms with Crippen LogP contribution in [0.1, 0.15) is 42.8 Å². The highest BCUT2D eigenvalue weighted by molar-refractivity contribution is 7.91. The van der Waals surface area contributed by atoms with E-state index in [0.29, 0.717) is 23.9 Å². The van der Waals surface area contributed by atoms with E-state index in [0.717, 1.165) is 59.6 Å². The fraction of sp³-hybridized carbons (Fsp3) is 0.455. The minimum Gasteiger partial charge on any atom is -0.611 e. The molecule has 1 fully saturated rings. The summed E-state index contributed by atoms with van der Waals surface area (Å²) >= 11 is -1.49. The van der Waals surface area contributed by atoms with Gasteiger partial charge in [0.25, 0.3) is 0 Å². The number of nitrogens with two attached hydrogens (primary N) is 1. The highest BCUT2D eigenvalue weighted by Gasteiger charge is 2.26. The predicted octanol–water partition coefficient (Wildman–Crippen LogP) is 4.45. The molecule has 1 aromatic carbocycles. The minimum absolute atomic E-state index is 0.0595. The molecule has 160 valence electrons. The summed E-state index contributed by atoms with van der Waals surface area (Å²) in [5, 5.41) is 0. The fourth-order valence-corrected chi connectivity index (χ4v) is 4.98. The molecule has 0 spiro atoms. The Morgan fingerprint density at radius 3 is 2.67 bits per heavy atom. The second-order valence-electron chi connectivity index (χ2n) is 8.06. The summed E-state index contributed by atoms with van der Waals surface area (Å²) in [4.78, 5) is 9.28. The van der Waals surface area contributed by atoms with Gasteiger partial charge in [0.1, 0.15) is 22.9 Å². The molecule has 0 saturated heterocycles. The lowest BCUT2D eigenvalue weighted by Gasteiger charge is -2.13. The van der Waals surface area contributed by atoms with Gasteiger partial charge in [-0.25, -0.2) is 18.7 Å². The summed E-state index contributed by atoms with van der Waals surface area (Å²) in [6.45, 7) is 4.71. The largest absolute Gasteiger partial charge is 0.611 e. The average molecular weight is 433 g/mol. The summed E-state index contributed by atoms with van der Waals surface area (Å²) in [5.41, 5.74) is 9.90. The van der Waals surface area contributed by atoms with Gasteiger partial charge in [-0.1, -0.05) is 0 Å². The molecule has 0 radical (unpaired) electrons. The third-order valence-corrected chi connectivity index (χ3v) is 7.23. The zero-order valence-corrected chi connectivity index (χ0v) is 18.1. The third-order valence-electron chi connectivity index (χ3n) is 5.74. The molecule has 1 saturated carbocycles. The number of imidazole rings is 1. The molecule has 30 heavy (non-hydrogen) atoms. The van der Waals surface area contributed by atoms with Crippen molar-refractivity contribution in [3.05, 3.63) is 46.9 Å². The van der Waals surface area contributed by atoms with Crippen LogP contribution in [0.5, 0.6) is 0 Å². The number of nitrogen functional groups attached to an aromatic ring is 1. The van der Waals surface area contributed by atoms with E-state index < -0.39 is 22.8 Å². The maximum atomic E-state index is 13.8. The molecule has 1 aliphatic rings. The first-order valence-corrected chi connectivity index (χ1v) is 11.6. The number of pyridine rings is 1. The number of anilines is 1. The lowest BCUT2D eigenvalue weighted by Crippen LogP contribution is -2.11. The van der Waals surface area contributed by atoms with Gasteiger partial charge in [-0.2, -0.15) is 0 Å². The van der Waals surface area contributed by atoms with Gasteiger partial charge in [-0.3, -0.25) is 0 Å². The highest BCUT2D eigenvalue weighted by Crippen LogP contribution is 2.35. The van der Waals surface area contributed by atoms with Gasteiger partial charge >= 0.3 is 0 Å². The number of hydrogen-bond donors (Lipinski definition) is 1. The molecule has 2 N–H and O–H groups in total. The Bertz CT molecular complexity index is 1080. The minimum atomic E-state index is -1.49. The topological polar surface area (TPSA) is 79.8 Å². The smallest absolute Gasteiger partial charge is 0.188 e. The van der Waals surface area contributed by atoms with Gasteiger partial charge in [-0.05, 0) is 74.3 Å². The van der Waals surface area contributed by atoms with Crippen molar-refractivity contribution in [3.8, 4) is 0 Å². The van der Waals surface area contributed by atoms with Crippen LogP contribution in [0.15, 0.2) is 23.1 Å². The Morgan fingerprint density at radius 2 is 1.97 bits per heavy atom. The Labute approximate surface area is 177 Å². The van der Waals surface area contributed by atoms with Gasteiger partial charge < -0.3 is 14.9 Å². The van der Waals surface area contributed by atoms with Crippen molar-refractivity contribution in [2.24, 2.45) is 5.92 Å². The van der Waals surface area contributed by atoms with Crippen LogP contribution in [0.2, 0.25) is 0 Å². The fourth-order valence-electron chi connectivity index (χ4n) is 3.80. The number of aromatic nitrogens is 3. The average Bonchev–Trinajstić information content (AvgIpc) is 3.43. The van der Waals surface area contributed by atoms with Crippen molar-refractivity contribution >= 4 is 28.0 Å². The van der Waals surface area contributed by atoms with Crippen molar-refractivity contribution in [1.82, 2.24) is 14.5 Å². The molecular weight excluding hydrogens is 406 g/mol. The van der Waals surface area contributed by atoms with Crippen molar-refractivity contribution in [1.29, 1.82) is 0 Å². The zero-order valence-electron chi connectivity index (χ0n) is 17.3. The molecule has 1 unspecified atom stereocenters. The van der Waals surface area contributed by atoms with E-state index in [-0.39, 0.29) is 4.90 Å². The number of unbranched alkanes of at least 4 members (excludes halogenated alkanes) is 1. The van der Waals surface area contributed by atoms with Crippen LogP contribution in [0, 0.1) is 31.4 Å². The van der Waals surface area contributed by atoms with E-state index >= 15 is 0 Å². The number of nitrogens with zero attached hydrogens (tertiary/aromatic N) is 3. The van der Waals surface area contributed by atoms with Crippen LogP contribution in [0.3, 0.4) is 0 Å². The Balaban J connectivity index is 1.49. The Kier molecular flexibility index (Phi) is 5.97. The van der Waals surface area contributed by atoms with Crippen LogP contribution in [0.25, 0.3) is 11.0 Å². The molecule has 2 aromatic heterocycles. The molecule has 1 aliphatic carbocycles. The third kappa shape index (κ3) is 4.30. The molecule has 5 nitrogen and oxygen atoms in total. The van der Waals surface area contributed by atoms with Gasteiger partial charge in [0, 0.05) is 24.7 Å². The Morgan fingerprint density at radius 1 is 1.20 bits per heavy atom. The number of rotatable bonds is 8. The number of fused-ring (bicyclic) bond motifs is 1. The maximum absolute atomic E-state index is 13.8. The van der Waals surface area contributed by atoms with Crippen molar-refractivity contribution in [3.63, 3.8) is 0 Å². The SMILES string of the molecule is Cc1nc(N)c2nc(CC3CC3)n(CCCC[S+]([O-])c3ccc(F)cc3F)c2c1C. The monoisotopic (exact) mass is 432 g/mol. The van der Waals surface area contributed by atoms with E-state index in [1.54, 1.807) is 0 Å². The van der Waals surface area contributed by atoms with Crippen LogP contribution in [-0.4, -0.2) is 24.8 Å². The van der Waals surface area contributed by atoms with E-state index in [4.69, 9.17) is 10.7 Å². The summed E-state index contributed by atoms with van der Waals surface area (Å²) in [7, 11) is 0. The summed E-state index contributed by atoms with van der Waals surface area (Å²) < 4.78 is 41.6. The number of hydrogen-bond acceptors (Lipinski definition) is 4. The highest BCUT2D eigenvalue weighted by atomic mass is 32.2.